The molecule has 2 amide bonds. The fourth-order valence-corrected chi connectivity index (χ4v) is 5.32. The van der Waals surface area contributed by atoms with Crippen LogP contribution in [0.1, 0.15) is 70.6 Å². The normalized spacial score (nSPS) is 22.5. The highest BCUT2D eigenvalue weighted by atomic mass is 35.5. The van der Waals surface area contributed by atoms with Gasteiger partial charge in [0.15, 0.2) is 0 Å². The van der Waals surface area contributed by atoms with E-state index in [1.807, 2.05) is 16.8 Å². The molecule has 176 valence electrons. The van der Waals surface area contributed by atoms with Crippen LogP contribution in [-0.2, 0) is 9.59 Å². The van der Waals surface area contributed by atoms with Gasteiger partial charge in [0.25, 0.3) is 0 Å². The number of nitrogens with zero attached hydrogens (tertiary/aromatic N) is 3. The first-order chi connectivity index (χ1) is 13.5. The fraction of sp³-hybridized carbons (Fsp3) is 0.909. The molecule has 2 aliphatic carbocycles. The van der Waals surface area contributed by atoms with Crippen molar-refractivity contribution in [3.05, 3.63) is 0 Å². The lowest BCUT2D eigenvalue weighted by atomic mass is 9.71. The van der Waals surface area contributed by atoms with E-state index < -0.39 is 0 Å². The summed E-state index contributed by atoms with van der Waals surface area (Å²) in [6.45, 7) is 4.18. The molecule has 0 aromatic heterocycles. The van der Waals surface area contributed by atoms with Gasteiger partial charge in [-0.25, -0.2) is 0 Å². The quantitative estimate of drug-likeness (QED) is 0.655. The molecule has 1 saturated heterocycles. The van der Waals surface area contributed by atoms with E-state index in [2.05, 4.69) is 4.90 Å². The van der Waals surface area contributed by atoms with Crippen LogP contribution in [0, 0.1) is 5.41 Å². The Hall–Kier alpha value is -0.560. The molecule has 0 atom stereocenters. The zero-order valence-electron chi connectivity index (χ0n) is 18.7. The van der Waals surface area contributed by atoms with Crippen molar-refractivity contribution in [2.24, 2.45) is 11.1 Å². The number of amides is 2. The van der Waals surface area contributed by atoms with Gasteiger partial charge in [-0.1, -0.05) is 38.5 Å². The van der Waals surface area contributed by atoms with Crippen LogP contribution in [0.25, 0.3) is 0 Å². The Bertz CT molecular complexity index is 529. The van der Waals surface area contributed by atoms with Crippen LogP contribution >= 0.6 is 24.8 Å². The number of carbonyl (C=O) groups is 2. The first-order valence-electron chi connectivity index (χ1n) is 11.5. The average molecular weight is 466 g/mol. The molecule has 3 aliphatic rings. The first kappa shape index (κ1) is 27.5. The molecule has 3 rings (SSSR count). The van der Waals surface area contributed by atoms with Crippen molar-refractivity contribution in [2.75, 3.05) is 46.3 Å². The third-order valence-corrected chi connectivity index (χ3v) is 7.47. The van der Waals surface area contributed by atoms with Crippen molar-refractivity contribution < 1.29 is 9.59 Å². The number of halogens is 2. The van der Waals surface area contributed by atoms with E-state index in [-0.39, 0.29) is 42.0 Å². The van der Waals surface area contributed by atoms with Crippen LogP contribution in [0.4, 0.5) is 0 Å². The Balaban J connectivity index is 0.00000225. The van der Waals surface area contributed by atoms with Gasteiger partial charge in [0.05, 0.1) is 6.54 Å². The monoisotopic (exact) mass is 464 g/mol. The molecule has 3 fully saturated rings. The molecule has 30 heavy (non-hydrogen) atoms. The minimum Gasteiger partial charge on any atom is -0.342 e. The van der Waals surface area contributed by atoms with Crippen LogP contribution in [0.3, 0.4) is 0 Å². The summed E-state index contributed by atoms with van der Waals surface area (Å²) in [7, 11) is 1.97. The molecule has 0 aromatic carbocycles. The molecule has 0 aromatic rings. The molecule has 0 bridgehead atoms. The van der Waals surface area contributed by atoms with E-state index in [1.54, 1.807) is 0 Å². The lowest BCUT2D eigenvalue weighted by molar-refractivity contribution is -0.137. The van der Waals surface area contributed by atoms with Crippen molar-refractivity contribution in [2.45, 2.75) is 76.7 Å². The number of likely N-dealkylation sites (N-methyl/N-ethyl adjacent to an activating group) is 1. The summed E-state index contributed by atoms with van der Waals surface area (Å²) < 4.78 is 0. The van der Waals surface area contributed by atoms with Gasteiger partial charge in [0.1, 0.15) is 0 Å². The number of hydrogen-bond donors (Lipinski definition) is 1. The maximum absolute atomic E-state index is 12.9. The van der Waals surface area contributed by atoms with Crippen molar-refractivity contribution in [1.29, 1.82) is 0 Å². The van der Waals surface area contributed by atoms with Gasteiger partial charge in [-0.2, -0.15) is 0 Å². The maximum atomic E-state index is 12.9. The van der Waals surface area contributed by atoms with Crippen molar-refractivity contribution in [3.8, 4) is 0 Å². The topological polar surface area (TPSA) is 69.9 Å². The van der Waals surface area contributed by atoms with Gasteiger partial charge < -0.3 is 15.5 Å². The number of carbonyl (C=O) groups excluding carboxylic acids is 2. The van der Waals surface area contributed by atoms with E-state index in [1.165, 1.54) is 38.5 Å². The van der Waals surface area contributed by atoms with Gasteiger partial charge in [0.2, 0.25) is 11.8 Å². The Labute approximate surface area is 195 Å². The number of hydrogen-bond acceptors (Lipinski definition) is 4. The van der Waals surface area contributed by atoms with Gasteiger partial charge >= 0.3 is 0 Å². The van der Waals surface area contributed by atoms with E-state index in [9.17, 15) is 9.59 Å². The van der Waals surface area contributed by atoms with Crippen molar-refractivity contribution in [3.63, 3.8) is 0 Å². The molecule has 1 aliphatic heterocycles. The number of piperazine rings is 1. The van der Waals surface area contributed by atoms with Gasteiger partial charge in [0, 0.05) is 45.7 Å². The predicted molar refractivity (Wildman–Crippen MR) is 126 cm³/mol. The fourth-order valence-electron chi connectivity index (χ4n) is 5.32. The molecule has 1 heterocycles. The molecule has 0 spiro atoms. The molecular formula is C22H42Cl2N4O2. The van der Waals surface area contributed by atoms with E-state index in [4.69, 9.17) is 5.73 Å². The summed E-state index contributed by atoms with van der Waals surface area (Å²) in [4.78, 5) is 31.7. The SMILES string of the molecule is CN(C(=O)CN1CCN(C(=O)CC2(CN)CCCCC2)CC1)C1CCCCC1.Cl.Cl. The molecule has 0 radical (unpaired) electrons. The van der Waals surface area contributed by atoms with Crippen LogP contribution in [0.15, 0.2) is 0 Å². The maximum Gasteiger partial charge on any atom is 0.236 e. The lowest BCUT2D eigenvalue weighted by Crippen LogP contribution is -2.53. The highest BCUT2D eigenvalue weighted by molar-refractivity contribution is 5.85. The summed E-state index contributed by atoms with van der Waals surface area (Å²) in [5.41, 5.74) is 6.09. The summed E-state index contributed by atoms with van der Waals surface area (Å²) in [5, 5.41) is 0. The minimum atomic E-state index is 0. The molecule has 6 nitrogen and oxygen atoms in total. The Kier molecular flexibility index (Phi) is 12.0. The molecule has 2 saturated carbocycles. The summed E-state index contributed by atoms with van der Waals surface area (Å²) in [5.74, 6) is 0.494. The summed E-state index contributed by atoms with van der Waals surface area (Å²) >= 11 is 0. The molecule has 8 heteroatoms. The summed E-state index contributed by atoms with van der Waals surface area (Å²) in [6, 6.07) is 0.423. The zero-order chi connectivity index (χ0) is 20.0. The number of rotatable bonds is 6. The second-order valence-electron chi connectivity index (χ2n) is 9.39. The second kappa shape index (κ2) is 13.1. The Morgan fingerprint density at radius 1 is 0.933 bits per heavy atom. The van der Waals surface area contributed by atoms with Crippen LogP contribution in [0.2, 0.25) is 0 Å². The highest BCUT2D eigenvalue weighted by Crippen LogP contribution is 2.38. The van der Waals surface area contributed by atoms with Crippen molar-refractivity contribution in [1.82, 2.24) is 14.7 Å². The summed E-state index contributed by atoms with van der Waals surface area (Å²) in [6.07, 6.45) is 12.6. The van der Waals surface area contributed by atoms with Gasteiger partial charge in [-0.05, 0) is 37.6 Å². The van der Waals surface area contributed by atoms with Gasteiger partial charge in [-0.3, -0.25) is 14.5 Å². The molecular weight excluding hydrogens is 423 g/mol. The first-order valence-corrected chi connectivity index (χ1v) is 11.5. The van der Waals surface area contributed by atoms with Crippen LogP contribution in [0.5, 0.6) is 0 Å². The lowest BCUT2D eigenvalue weighted by Gasteiger charge is -2.40. The third-order valence-electron chi connectivity index (χ3n) is 7.47. The van der Waals surface area contributed by atoms with E-state index in [0.717, 1.165) is 51.9 Å². The molecule has 0 unspecified atom stereocenters. The molecule has 2 N–H and O–H groups in total. The van der Waals surface area contributed by atoms with E-state index in [0.29, 0.717) is 25.6 Å². The van der Waals surface area contributed by atoms with Crippen LogP contribution < -0.4 is 5.73 Å². The highest BCUT2D eigenvalue weighted by Gasteiger charge is 2.35. The smallest absolute Gasteiger partial charge is 0.236 e. The Morgan fingerprint density at radius 2 is 1.50 bits per heavy atom. The van der Waals surface area contributed by atoms with Gasteiger partial charge in [-0.15, -0.1) is 24.8 Å². The minimum absolute atomic E-state index is 0. The third kappa shape index (κ3) is 7.25. The predicted octanol–water partition coefficient (Wildman–Crippen LogP) is 3.06. The number of nitrogens with two attached hydrogens (primary N) is 1. The average Bonchev–Trinajstić information content (AvgIpc) is 2.75. The standard InChI is InChI=1S/C22H40N4O2.2ClH/c1-24(19-8-4-2-5-9-19)21(28)17-25-12-14-26(15-13-25)20(27)16-22(18-23)10-6-3-7-11-22;;/h19H,2-18,23H2,1H3;2*1H. The second-order valence-corrected chi connectivity index (χ2v) is 9.39. The Morgan fingerprint density at radius 3 is 2.07 bits per heavy atom. The zero-order valence-corrected chi connectivity index (χ0v) is 20.3. The largest absolute Gasteiger partial charge is 0.342 e. The van der Waals surface area contributed by atoms with E-state index >= 15 is 0 Å². The van der Waals surface area contributed by atoms with Crippen molar-refractivity contribution >= 4 is 36.6 Å². The van der Waals surface area contributed by atoms with Crippen LogP contribution in [-0.4, -0.2) is 78.9 Å².